The second-order valence-corrected chi connectivity index (χ2v) is 18.1. The van der Waals surface area contributed by atoms with Gasteiger partial charge in [0.05, 0.1) is 40.3 Å². The summed E-state index contributed by atoms with van der Waals surface area (Å²) in [4.78, 5) is 37.1. The third-order valence-corrected chi connectivity index (χ3v) is 10.8. The van der Waals surface area contributed by atoms with Crippen molar-refractivity contribution in [2.45, 2.75) is 225 Å². The van der Waals surface area contributed by atoms with Gasteiger partial charge >= 0.3 is 11.9 Å². The van der Waals surface area contributed by atoms with E-state index in [0.717, 1.165) is 89.9 Å². The maximum absolute atomic E-state index is 12.8. The number of esters is 2. The molecule has 0 saturated carbocycles. The van der Waals surface area contributed by atoms with Crippen LogP contribution in [0.4, 0.5) is 0 Å². The van der Waals surface area contributed by atoms with E-state index < -0.39 is 24.3 Å². The maximum atomic E-state index is 12.8. The smallest absolute Gasteiger partial charge is 0.306 e. The summed E-state index contributed by atoms with van der Waals surface area (Å²) in [5, 5.41) is 11.7. The van der Waals surface area contributed by atoms with Crippen molar-refractivity contribution in [2.24, 2.45) is 0 Å². The number of likely N-dealkylation sites (N-methyl/N-ethyl adjacent to an activating group) is 1. The highest BCUT2D eigenvalue weighted by atomic mass is 16.7. The molecule has 0 spiro atoms. The zero-order valence-electron chi connectivity index (χ0n) is 40.7. The number of hydrogen-bond donors (Lipinski definition) is 0. The maximum Gasteiger partial charge on any atom is 0.306 e. The summed E-state index contributed by atoms with van der Waals surface area (Å²) in [6.07, 6.45) is 49.9. The number of carboxylic acid groups (broad SMARTS) is 1. The van der Waals surface area contributed by atoms with Crippen molar-refractivity contribution in [3.05, 3.63) is 48.6 Å². The van der Waals surface area contributed by atoms with E-state index in [9.17, 15) is 19.5 Å². The topological polar surface area (TPSA) is 111 Å². The largest absolute Gasteiger partial charge is 0.545 e. The Morgan fingerprint density at radius 2 is 0.871 bits per heavy atom. The predicted octanol–water partition coefficient (Wildman–Crippen LogP) is 12.6. The molecule has 0 fully saturated rings. The lowest BCUT2D eigenvalue weighted by molar-refractivity contribution is -0.870. The Bertz CT molecular complexity index is 1160. The number of nitrogens with zero attached hydrogens (tertiary/aromatic N) is 1. The average Bonchev–Trinajstić information content (AvgIpc) is 3.23. The molecule has 0 N–H and O–H groups in total. The summed E-state index contributed by atoms with van der Waals surface area (Å²) >= 11 is 0. The Labute approximate surface area is 381 Å². The minimum atomic E-state index is -1.63. The second kappa shape index (κ2) is 44.8. The first-order chi connectivity index (χ1) is 30.1. The van der Waals surface area contributed by atoms with Gasteiger partial charge in [-0.15, -0.1) is 0 Å². The fourth-order valence-corrected chi connectivity index (χ4v) is 6.83. The van der Waals surface area contributed by atoms with Crippen LogP contribution in [-0.2, 0) is 33.3 Å². The highest BCUT2D eigenvalue weighted by Crippen LogP contribution is 2.14. The molecule has 0 aromatic heterocycles. The van der Waals surface area contributed by atoms with E-state index in [1.807, 2.05) is 21.1 Å². The molecule has 0 bridgehead atoms. The lowest BCUT2D eigenvalue weighted by atomic mass is 10.1. The van der Waals surface area contributed by atoms with E-state index in [1.54, 1.807) is 0 Å². The molecule has 360 valence electrons. The van der Waals surface area contributed by atoms with Crippen LogP contribution >= 0.6 is 0 Å². The molecule has 2 atom stereocenters. The number of allylic oxidation sites excluding steroid dienone is 8. The molecule has 0 heterocycles. The Kier molecular flexibility index (Phi) is 42.9. The van der Waals surface area contributed by atoms with Crippen LogP contribution in [0.2, 0.25) is 0 Å². The highest BCUT2D eigenvalue weighted by Gasteiger charge is 2.21. The monoisotopic (exact) mass is 874 g/mol. The number of hydrogen-bond acceptors (Lipinski definition) is 8. The number of rotatable bonds is 46. The summed E-state index contributed by atoms with van der Waals surface area (Å²) in [5.74, 6) is -2.31. The standard InChI is InChI=1S/C53H95NO8/c1-6-8-10-12-14-16-18-20-22-24-25-26-27-28-30-32-34-36-38-40-42-44-51(56)62-49(48-61-53(52(57)58)59-46-45-54(3,4)5)47-60-50(55)43-41-39-37-35-33-31-29-23-21-19-17-15-13-11-9-7-2/h18,20,23-25,27-29,49,53H,6-17,19,21-22,26,30-48H2,1-5H3/b20-18-,25-24-,28-27-,29-23-. The van der Waals surface area contributed by atoms with E-state index in [0.29, 0.717) is 17.4 Å². The molecule has 0 amide bonds. The summed E-state index contributed by atoms with van der Waals surface area (Å²) < 4.78 is 22.6. The molecule has 9 nitrogen and oxygen atoms in total. The molecule has 0 saturated heterocycles. The molecule has 0 aliphatic rings. The molecule has 2 unspecified atom stereocenters. The van der Waals surface area contributed by atoms with E-state index in [-0.39, 0.29) is 38.6 Å². The summed E-state index contributed by atoms with van der Waals surface area (Å²) in [6, 6.07) is 0. The van der Waals surface area contributed by atoms with Gasteiger partial charge in [-0.05, 0) is 77.0 Å². The molecule has 0 radical (unpaired) electrons. The lowest BCUT2D eigenvalue weighted by Gasteiger charge is -2.26. The van der Waals surface area contributed by atoms with E-state index in [4.69, 9.17) is 18.9 Å². The van der Waals surface area contributed by atoms with Gasteiger partial charge in [-0.25, -0.2) is 0 Å². The fraction of sp³-hybridized carbons (Fsp3) is 0.792. The van der Waals surface area contributed by atoms with Crippen molar-refractivity contribution in [3.63, 3.8) is 0 Å². The summed E-state index contributed by atoms with van der Waals surface area (Å²) in [6.45, 7) is 4.71. The van der Waals surface area contributed by atoms with Crippen LogP contribution < -0.4 is 5.11 Å². The van der Waals surface area contributed by atoms with Crippen LogP contribution in [0.25, 0.3) is 0 Å². The molecule has 0 rings (SSSR count). The van der Waals surface area contributed by atoms with Crippen LogP contribution in [0, 0.1) is 0 Å². The Morgan fingerprint density at radius 1 is 0.484 bits per heavy atom. The van der Waals surface area contributed by atoms with Crippen LogP contribution in [0.1, 0.15) is 213 Å². The summed E-state index contributed by atoms with van der Waals surface area (Å²) in [5.41, 5.74) is 0. The van der Waals surface area contributed by atoms with Crippen LogP contribution in [0.5, 0.6) is 0 Å². The van der Waals surface area contributed by atoms with Gasteiger partial charge < -0.3 is 33.3 Å². The summed E-state index contributed by atoms with van der Waals surface area (Å²) in [7, 11) is 5.90. The van der Waals surface area contributed by atoms with Gasteiger partial charge in [0.2, 0.25) is 0 Å². The van der Waals surface area contributed by atoms with Crippen LogP contribution in [0.3, 0.4) is 0 Å². The van der Waals surface area contributed by atoms with Crippen molar-refractivity contribution in [2.75, 3.05) is 47.5 Å². The Balaban J connectivity index is 4.40. The van der Waals surface area contributed by atoms with Crippen molar-refractivity contribution in [1.29, 1.82) is 0 Å². The fourth-order valence-electron chi connectivity index (χ4n) is 6.83. The molecule has 62 heavy (non-hydrogen) atoms. The van der Waals surface area contributed by atoms with Gasteiger partial charge in [-0.3, -0.25) is 9.59 Å². The van der Waals surface area contributed by atoms with Crippen molar-refractivity contribution < 1.29 is 42.9 Å². The number of ether oxygens (including phenoxy) is 4. The van der Waals surface area contributed by atoms with Crippen LogP contribution in [-0.4, -0.2) is 82.3 Å². The number of carbonyl (C=O) groups excluding carboxylic acids is 3. The van der Waals surface area contributed by atoms with Gasteiger partial charge in [0.15, 0.2) is 12.4 Å². The first-order valence-corrected chi connectivity index (χ1v) is 25.3. The highest BCUT2D eigenvalue weighted by molar-refractivity contribution is 5.70. The molecule has 0 aromatic carbocycles. The van der Waals surface area contributed by atoms with Crippen molar-refractivity contribution >= 4 is 17.9 Å². The molecular weight excluding hydrogens is 779 g/mol. The molecule has 0 aromatic rings. The number of carboxylic acids is 1. The molecule has 0 aliphatic heterocycles. The normalized spacial score (nSPS) is 13.2. The zero-order valence-corrected chi connectivity index (χ0v) is 40.7. The first-order valence-electron chi connectivity index (χ1n) is 25.3. The van der Waals surface area contributed by atoms with Gasteiger partial charge in [0, 0.05) is 12.8 Å². The quantitative estimate of drug-likeness (QED) is 0.0195. The molecular formula is C53H95NO8. The lowest BCUT2D eigenvalue weighted by Crippen LogP contribution is -2.44. The van der Waals surface area contributed by atoms with E-state index >= 15 is 0 Å². The minimum Gasteiger partial charge on any atom is -0.545 e. The van der Waals surface area contributed by atoms with Gasteiger partial charge in [-0.2, -0.15) is 0 Å². The second-order valence-electron chi connectivity index (χ2n) is 18.1. The third-order valence-electron chi connectivity index (χ3n) is 10.8. The van der Waals surface area contributed by atoms with Crippen molar-refractivity contribution in [3.8, 4) is 0 Å². The molecule has 9 heteroatoms. The number of quaternary nitrogens is 1. The average molecular weight is 874 g/mol. The Morgan fingerprint density at radius 3 is 1.31 bits per heavy atom. The predicted molar refractivity (Wildman–Crippen MR) is 255 cm³/mol. The van der Waals surface area contributed by atoms with E-state index in [2.05, 4.69) is 62.5 Å². The zero-order chi connectivity index (χ0) is 45.6. The Hall–Kier alpha value is -2.75. The third kappa shape index (κ3) is 45.3. The SMILES string of the molecule is CCCCCCC/C=C\C/C=C\C/C=C\CCCCCCCCC(=O)OC(COC(=O)CCCCCCC/C=C\CCCCCCCCC)COC(OCC[N+](C)(C)C)C(=O)[O-]. The number of carbonyl (C=O) groups is 3. The van der Waals surface area contributed by atoms with Gasteiger partial charge in [-0.1, -0.05) is 172 Å². The van der Waals surface area contributed by atoms with Crippen molar-refractivity contribution in [1.82, 2.24) is 0 Å². The van der Waals surface area contributed by atoms with Crippen LogP contribution in [0.15, 0.2) is 48.6 Å². The minimum absolute atomic E-state index is 0.142. The number of aliphatic carboxylic acids is 1. The molecule has 0 aliphatic carbocycles. The van der Waals surface area contributed by atoms with Gasteiger partial charge in [0.25, 0.3) is 0 Å². The van der Waals surface area contributed by atoms with E-state index in [1.165, 1.54) is 89.9 Å². The first kappa shape index (κ1) is 59.2. The number of unbranched alkanes of at least 4 members (excludes halogenated alkanes) is 23. The van der Waals surface area contributed by atoms with Gasteiger partial charge in [0.1, 0.15) is 13.2 Å².